The number of hydrogen-bond donors (Lipinski definition) is 2. The zero-order chi connectivity index (χ0) is 21.8. The van der Waals surface area contributed by atoms with Crippen LogP contribution in [0.25, 0.3) is 0 Å². The fraction of sp³-hybridized carbons (Fsp3) is 0.435. The highest BCUT2D eigenvalue weighted by Crippen LogP contribution is 2.45. The molecule has 0 radical (unpaired) electrons. The number of fused-ring (bicyclic) bond motifs is 1. The van der Waals surface area contributed by atoms with Crippen LogP contribution in [0.1, 0.15) is 24.7 Å². The molecule has 2 aromatic rings. The topological polar surface area (TPSA) is 73.2 Å². The van der Waals surface area contributed by atoms with Gasteiger partial charge in [0.1, 0.15) is 11.9 Å². The number of methoxy groups -OCH3 is 1. The first kappa shape index (κ1) is 25.5. The Labute approximate surface area is 194 Å². The van der Waals surface area contributed by atoms with Gasteiger partial charge >= 0.3 is 0 Å². The van der Waals surface area contributed by atoms with Gasteiger partial charge in [-0.15, -0.1) is 24.2 Å². The molecule has 1 aliphatic rings. The summed E-state index contributed by atoms with van der Waals surface area (Å²) in [6.45, 7) is 4.67. The van der Waals surface area contributed by atoms with Gasteiger partial charge in [-0.1, -0.05) is 24.3 Å². The number of para-hydroxylation sites is 1. The lowest BCUT2D eigenvalue weighted by Gasteiger charge is -2.30. The van der Waals surface area contributed by atoms with E-state index in [1.54, 1.807) is 7.11 Å². The maximum Gasteiger partial charge on any atom is 0.257 e. The van der Waals surface area contributed by atoms with Crippen molar-refractivity contribution in [2.75, 3.05) is 32.1 Å². The van der Waals surface area contributed by atoms with E-state index >= 15 is 0 Å². The molecule has 0 aromatic heterocycles. The molecule has 3 rings (SSSR count). The van der Waals surface area contributed by atoms with Gasteiger partial charge in [-0.3, -0.25) is 4.79 Å². The minimum absolute atomic E-state index is 0. The largest absolute Gasteiger partial charge is 0.497 e. The molecule has 0 spiro atoms. The third-order valence-electron chi connectivity index (χ3n) is 5.43. The summed E-state index contributed by atoms with van der Waals surface area (Å²) in [5.74, 6) is 0.317. The number of β-amino-alcohol motifs (C(OH)–C–C–N with tert-alkyl or cyclic N) is 1. The Morgan fingerprint density at radius 2 is 1.81 bits per heavy atom. The van der Waals surface area contributed by atoms with Crippen molar-refractivity contribution in [2.24, 2.45) is 0 Å². The molecule has 0 fully saturated rings. The van der Waals surface area contributed by atoms with Gasteiger partial charge in [0, 0.05) is 17.5 Å². The van der Waals surface area contributed by atoms with Crippen LogP contribution in [0.15, 0.2) is 53.4 Å². The van der Waals surface area contributed by atoms with E-state index in [2.05, 4.69) is 13.8 Å². The van der Waals surface area contributed by atoms with E-state index in [0.717, 1.165) is 16.2 Å². The molecule has 1 aliphatic heterocycles. The summed E-state index contributed by atoms with van der Waals surface area (Å²) in [5, 5.41) is 21.2. The zero-order valence-electron chi connectivity index (χ0n) is 18.3. The quantitative estimate of drug-likeness (QED) is 0.651. The molecule has 1 heterocycles. The highest BCUT2D eigenvalue weighted by molar-refractivity contribution is 7.99. The van der Waals surface area contributed by atoms with Gasteiger partial charge in [-0.05, 0) is 50.7 Å². The van der Waals surface area contributed by atoms with Gasteiger partial charge in [0.15, 0.2) is 0 Å². The standard InChI is InChI=1S/C23H30N2O4S.ClH/c1-15(2)24(3)13-17(26)14-25-19-7-5-6-8-20(19)30-22(21(27)23(25)28)16-9-11-18(29-4)12-10-16;/h5-12,15,17,21-22,26-27H,13-14H2,1-4H3;1H/t17?,21-,22+;/m1./s1. The third-order valence-corrected chi connectivity index (χ3v) is 6.82. The third kappa shape index (κ3) is 5.93. The first-order valence-electron chi connectivity index (χ1n) is 10.1. The van der Waals surface area contributed by atoms with Gasteiger partial charge in [0.2, 0.25) is 0 Å². The molecule has 2 aromatic carbocycles. The number of rotatable bonds is 7. The molecule has 0 saturated carbocycles. The Morgan fingerprint density at radius 1 is 1.16 bits per heavy atom. The van der Waals surface area contributed by atoms with E-state index in [1.165, 1.54) is 16.7 Å². The minimum atomic E-state index is -1.23. The molecule has 1 unspecified atom stereocenters. The maximum atomic E-state index is 13.3. The smallest absolute Gasteiger partial charge is 0.257 e. The molecule has 0 aliphatic carbocycles. The molecule has 0 bridgehead atoms. The van der Waals surface area contributed by atoms with Crippen LogP contribution in [0.2, 0.25) is 0 Å². The zero-order valence-corrected chi connectivity index (χ0v) is 19.9. The number of carbonyl (C=O) groups excluding carboxylic acids is 1. The van der Waals surface area contributed by atoms with Gasteiger partial charge in [0.05, 0.1) is 30.7 Å². The molecule has 0 saturated heterocycles. The normalized spacial score (nSPS) is 19.6. The Hall–Kier alpha value is -1.77. The summed E-state index contributed by atoms with van der Waals surface area (Å²) in [7, 11) is 3.54. The Balaban J connectivity index is 0.00000341. The van der Waals surface area contributed by atoms with Crippen LogP contribution < -0.4 is 9.64 Å². The van der Waals surface area contributed by atoms with Crippen LogP contribution in [0.5, 0.6) is 5.75 Å². The van der Waals surface area contributed by atoms with Crippen molar-refractivity contribution >= 4 is 35.8 Å². The molecule has 31 heavy (non-hydrogen) atoms. The minimum Gasteiger partial charge on any atom is -0.497 e. The number of halogens is 1. The number of likely N-dealkylation sites (N-methyl/N-ethyl adjacent to an activating group) is 1. The Morgan fingerprint density at radius 3 is 2.42 bits per heavy atom. The average molecular weight is 467 g/mol. The van der Waals surface area contributed by atoms with E-state index in [9.17, 15) is 15.0 Å². The lowest BCUT2D eigenvalue weighted by atomic mass is 10.1. The van der Waals surface area contributed by atoms with Crippen molar-refractivity contribution in [1.82, 2.24) is 4.90 Å². The van der Waals surface area contributed by atoms with Crippen LogP contribution in [-0.2, 0) is 4.79 Å². The second-order valence-corrected chi connectivity index (χ2v) is 9.04. The predicted octanol–water partition coefficient (Wildman–Crippen LogP) is 3.36. The van der Waals surface area contributed by atoms with Crippen LogP contribution in [0, 0.1) is 0 Å². The Kier molecular flexibility index (Phi) is 9.21. The van der Waals surface area contributed by atoms with Crippen molar-refractivity contribution in [3.05, 3.63) is 54.1 Å². The molecule has 1 amide bonds. The molecule has 3 atom stereocenters. The van der Waals surface area contributed by atoms with Crippen molar-refractivity contribution in [3.63, 3.8) is 0 Å². The predicted molar refractivity (Wildman–Crippen MR) is 127 cm³/mol. The van der Waals surface area contributed by atoms with Crippen LogP contribution in [0.3, 0.4) is 0 Å². The summed E-state index contributed by atoms with van der Waals surface area (Å²) in [6, 6.07) is 15.3. The summed E-state index contributed by atoms with van der Waals surface area (Å²) in [6.07, 6.45) is -1.96. The number of anilines is 1. The summed E-state index contributed by atoms with van der Waals surface area (Å²) >= 11 is 1.46. The molecule has 170 valence electrons. The van der Waals surface area contributed by atoms with E-state index in [1.807, 2.05) is 60.5 Å². The van der Waals surface area contributed by atoms with Crippen molar-refractivity contribution in [3.8, 4) is 5.75 Å². The van der Waals surface area contributed by atoms with Crippen molar-refractivity contribution in [2.45, 2.75) is 42.2 Å². The first-order valence-corrected chi connectivity index (χ1v) is 11.0. The first-order chi connectivity index (χ1) is 14.3. The summed E-state index contributed by atoms with van der Waals surface area (Å²) in [5.41, 5.74) is 1.56. The molecular formula is C23H31ClN2O4S. The highest BCUT2D eigenvalue weighted by atomic mass is 35.5. The molecule has 8 heteroatoms. The van der Waals surface area contributed by atoms with Crippen LogP contribution in [0.4, 0.5) is 5.69 Å². The highest BCUT2D eigenvalue weighted by Gasteiger charge is 2.38. The number of nitrogens with zero attached hydrogens (tertiary/aromatic N) is 2. The van der Waals surface area contributed by atoms with Gasteiger partial charge in [-0.2, -0.15) is 0 Å². The molecular weight excluding hydrogens is 436 g/mol. The van der Waals surface area contributed by atoms with Gasteiger partial charge in [0.25, 0.3) is 5.91 Å². The SMILES string of the molecule is COc1ccc([C@@H]2Sc3ccccc3N(CC(O)CN(C)C(C)C)C(=O)[C@@H]2O)cc1.Cl. The number of ether oxygens (including phenoxy) is 1. The number of hydrogen-bond acceptors (Lipinski definition) is 6. The number of amides is 1. The van der Waals surface area contributed by atoms with Gasteiger partial charge < -0.3 is 24.7 Å². The molecule has 6 nitrogen and oxygen atoms in total. The van der Waals surface area contributed by atoms with Gasteiger partial charge in [-0.25, -0.2) is 0 Å². The van der Waals surface area contributed by atoms with Crippen LogP contribution >= 0.6 is 24.2 Å². The maximum absolute atomic E-state index is 13.3. The summed E-state index contributed by atoms with van der Waals surface area (Å²) in [4.78, 5) is 17.7. The molecule has 2 N–H and O–H groups in total. The number of carbonyl (C=O) groups is 1. The van der Waals surface area contributed by atoms with E-state index in [-0.39, 0.29) is 25.0 Å². The van der Waals surface area contributed by atoms with E-state index in [0.29, 0.717) is 12.2 Å². The fourth-order valence-electron chi connectivity index (χ4n) is 3.43. The second-order valence-electron chi connectivity index (χ2n) is 7.86. The fourth-order valence-corrected chi connectivity index (χ4v) is 4.70. The van der Waals surface area contributed by atoms with E-state index in [4.69, 9.17) is 4.74 Å². The second kappa shape index (κ2) is 11.2. The number of aliphatic hydroxyl groups excluding tert-OH is 2. The monoisotopic (exact) mass is 466 g/mol. The van der Waals surface area contributed by atoms with Crippen molar-refractivity contribution < 1.29 is 19.7 Å². The number of thioether (sulfide) groups is 1. The number of benzene rings is 2. The average Bonchev–Trinajstić information content (AvgIpc) is 2.84. The van der Waals surface area contributed by atoms with Crippen molar-refractivity contribution in [1.29, 1.82) is 0 Å². The Bertz CT molecular complexity index is 865. The lowest BCUT2D eigenvalue weighted by molar-refractivity contribution is -0.127. The number of aliphatic hydroxyl groups is 2. The summed E-state index contributed by atoms with van der Waals surface area (Å²) < 4.78 is 5.22. The van der Waals surface area contributed by atoms with Crippen LogP contribution in [-0.4, -0.2) is 66.5 Å². The lowest BCUT2D eigenvalue weighted by Crippen LogP contribution is -2.47. The van der Waals surface area contributed by atoms with E-state index < -0.39 is 23.4 Å².